The molecule has 1 aromatic heterocycles. The molecule has 6 heteroatoms. The van der Waals surface area contributed by atoms with E-state index in [0.717, 1.165) is 28.1 Å². The number of ether oxygens (including phenoxy) is 1. The molecule has 0 aliphatic heterocycles. The van der Waals surface area contributed by atoms with Gasteiger partial charge in [-0.2, -0.15) is 5.10 Å². The van der Waals surface area contributed by atoms with Gasteiger partial charge in [0, 0.05) is 36.0 Å². The first-order chi connectivity index (χ1) is 12.8. The molecule has 0 bridgehead atoms. The molecule has 3 aromatic rings. The molecule has 6 nitrogen and oxygen atoms in total. The van der Waals surface area contributed by atoms with Crippen molar-refractivity contribution in [1.82, 2.24) is 10.2 Å². The number of nitrogens with one attached hydrogen (secondary N) is 2. The molecule has 1 atom stereocenters. The van der Waals surface area contributed by atoms with Crippen molar-refractivity contribution in [2.75, 3.05) is 11.9 Å². The van der Waals surface area contributed by atoms with Crippen LogP contribution in [0.15, 0.2) is 60.8 Å². The van der Waals surface area contributed by atoms with E-state index in [9.17, 15) is 9.90 Å². The first-order valence-corrected chi connectivity index (χ1v) is 8.42. The summed E-state index contributed by atoms with van der Waals surface area (Å²) in [6.07, 6.45) is 1.66. The lowest BCUT2D eigenvalue weighted by Gasteiger charge is -2.17. The molecular formula is C20H21N3O3. The first-order valence-electron chi connectivity index (χ1n) is 8.42. The number of rotatable bonds is 9. The molecule has 0 aliphatic rings. The Hall–Kier alpha value is -3.12. The van der Waals surface area contributed by atoms with Crippen LogP contribution in [0.4, 0.5) is 5.69 Å². The van der Waals surface area contributed by atoms with Gasteiger partial charge in [0.15, 0.2) is 0 Å². The first kappa shape index (κ1) is 17.7. The average molecular weight is 351 g/mol. The SMILES string of the molecule is O=COCCc1n[nH]cc1CNc1ccccc1C(O)c1ccccc1. The zero-order valence-corrected chi connectivity index (χ0v) is 14.3. The number of aromatic amines is 1. The van der Waals surface area contributed by atoms with E-state index in [1.807, 2.05) is 60.8 Å². The fourth-order valence-corrected chi connectivity index (χ4v) is 2.82. The van der Waals surface area contributed by atoms with Crippen LogP contribution in [0.2, 0.25) is 0 Å². The third-order valence-electron chi connectivity index (χ3n) is 4.17. The largest absolute Gasteiger partial charge is 0.467 e. The predicted octanol–water partition coefficient (Wildman–Crippen LogP) is 2.82. The Labute approximate surface area is 151 Å². The molecule has 0 saturated carbocycles. The summed E-state index contributed by atoms with van der Waals surface area (Å²) < 4.78 is 4.74. The number of aromatic nitrogens is 2. The van der Waals surface area contributed by atoms with Crippen LogP contribution in [0, 0.1) is 0 Å². The van der Waals surface area contributed by atoms with Gasteiger partial charge in [0.1, 0.15) is 6.10 Å². The summed E-state index contributed by atoms with van der Waals surface area (Å²) in [4.78, 5) is 10.3. The molecule has 2 aromatic carbocycles. The smallest absolute Gasteiger partial charge is 0.293 e. The highest BCUT2D eigenvalue weighted by atomic mass is 16.5. The molecule has 0 aliphatic carbocycles. The van der Waals surface area contributed by atoms with E-state index in [0.29, 0.717) is 26.0 Å². The van der Waals surface area contributed by atoms with Crippen LogP contribution >= 0.6 is 0 Å². The lowest BCUT2D eigenvalue weighted by molar-refractivity contribution is -0.128. The minimum absolute atomic E-state index is 0.296. The lowest BCUT2D eigenvalue weighted by Crippen LogP contribution is -2.08. The maximum Gasteiger partial charge on any atom is 0.293 e. The number of hydrogen-bond donors (Lipinski definition) is 3. The van der Waals surface area contributed by atoms with Gasteiger partial charge in [-0.3, -0.25) is 9.89 Å². The van der Waals surface area contributed by atoms with E-state index in [4.69, 9.17) is 4.74 Å². The molecule has 3 rings (SSSR count). The van der Waals surface area contributed by atoms with Crippen molar-refractivity contribution in [3.05, 3.63) is 83.2 Å². The van der Waals surface area contributed by atoms with Gasteiger partial charge in [-0.15, -0.1) is 0 Å². The van der Waals surface area contributed by atoms with Crippen molar-refractivity contribution < 1.29 is 14.6 Å². The van der Waals surface area contributed by atoms with Gasteiger partial charge >= 0.3 is 0 Å². The Morgan fingerprint density at radius 3 is 2.73 bits per heavy atom. The predicted molar refractivity (Wildman–Crippen MR) is 98.6 cm³/mol. The Morgan fingerprint density at radius 2 is 1.92 bits per heavy atom. The second-order valence-corrected chi connectivity index (χ2v) is 5.83. The summed E-state index contributed by atoms with van der Waals surface area (Å²) in [5.41, 5.74) is 4.36. The lowest BCUT2D eigenvalue weighted by atomic mass is 10.00. The van der Waals surface area contributed by atoms with E-state index < -0.39 is 6.10 Å². The molecule has 134 valence electrons. The molecule has 0 spiro atoms. The number of aliphatic hydroxyl groups excluding tert-OH is 1. The summed E-state index contributed by atoms with van der Waals surface area (Å²) in [5, 5.41) is 21.1. The quantitative estimate of drug-likeness (QED) is 0.408. The number of nitrogens with zero attached hydrogens (tertiary/aromatic N) is 1. The minimum Gasteiger partial charge on any atom is -0.467 e. The summed E-state index contributed by atoms with van der Waals surface area (Å²) in [6, 6.07) is 17.2. The summed E-state index contributed by atoms with van der Waals surface area (Å²) in [6.45, 7) is 1.28. The van der Waals surface area contributed by atoms with E-state index in [-0.39, 0.29) is 0 Å². The van der Waals surface area contributed by atoms with Crippen LogP contribution in [-0.2, 0) is 22.5 Å². The Balaban J connectivity index is 1.72. The van der Waals surface area contributed by atoms with E-state index in [1.54, 1.807) is 0 Å². The Kier molecular flexibility index (Phi) is 6.01. The number of benzene rings is 2. The molecule has 1 heterocycles. The summed E-state index contributed by atoms with van der Waals surface area (Å²) in [5.74, 6) is 0. The minimum atomic E-state index is -0.704. The summed E-state index contributed by atoms with van der Waals surface area (Å²) in [7, 11) is 0. The highest BCUT2D eigenvalue weighted by molar-refractivity contribution is 5.54. The fourth-order valence-electron chi connectivity index (χ4n) is 2.82. The number of carbonyl (C=O) groups is 1. The Bertz CT molecular complexity index is 833. The highest BCUT2D eigenvalue weighted by Gasteiger charge is 2.14. The molecule has 1 unspecified atom stereocenters. The summed E-state index contributed by atoms with van der Waals surface area (Å²) >= 11 is 0. The molecule has 0 amide bonds. The molecule has 0 fully saturated rings. The highest BCUT2D eigenvalue weighted by Crippen LogP contribution is 2.28. The van der Waals surface area contributed by atoms with Crippen LogP contribution in [0.25, 0.3) is 0 Å². The monoisotopic (exact) mass is 351 g/mol. The normalized spacial score (nSPS) is 11.7. The van der Waals surface area contributed by atoms with Gasteiger partial charge in [-0.25, -0.2) is 0 Å². The fraction of sp³-hybridized carbons (Fsp3) is 0.200. The number of para-hydroxylation sites is 1. The maximum atomic E-state index is 10.7. The number of H-pyrrole nitrogens is 1. The van der Waals surface area contributed by atoms with Gasteiger partial charge < -0.3 is 15.2 Å². The van der Waals surface area contributed by atoms with E-state index in [1.165, 1.54) is 0 Å². The van der Waals surface area contributed by atoms with E-state index in [2.05, 4.69) is 15.5 Å². The number of aliphatic hydroxyl groups is 1. The second-order valence-electron chi connectivity index (χ2n) is 5.83. The van der Waals surface area contributed by atoms with Crippen molar-refractivity contribution >= 4 is 12.2 Å². The second kappa shape index (κ2) is 8.82. The third-order valence-corrected chi connectivity index (χ3v) is 4.17. The van der Waals surface area contributed by atoms with Crippen LogP contribution in [0.3, 0.4) is 0 Å². The standard InChI is InChI=1S/C20H21N3O3/c24-14-26-11-10-18-16(13-22-23-18)12-21-19-9-5-4-8-17(19)20(25)15-6-2-1-3-7-15/h1-9,13-14,20-21,25H,10-12H2,(H,22,23). The van der Waals surface area contributed by atoms with Gasteiger partial charge in [0.2, 0.25) is 0 Å². The van der Waals surface area contributed by atoms with Crippen LogP contribution in [-0.4, -0.2) is 28.4 Å². The zero-order valence-electron chi connectivity index (χ0n) is 14.3. The van der Waals surface area contributed by atoms with Crippen molar-refractivity contribution in [3.63, 3.8) is 0 Å². The number of anilines is 1. The topological polar surface area (TPSA) is 87.2 Å². The van der Waals surface area contributed by atoms with Crippen LogP contribution < -0.4 is 5.32 Å². The van der Waals surface area contributed by atoms with Crippen molar-refractivity contribution in [1.29, 1.82) is 0 Å². The van der Waals surface area contributed by atoms with Crippen molar-refractivity contribution in [2.24, 2.45) is 0 Å². The van der Waals surface area contributed by atoms with Gasteiger partial charge in [-0.05, 0) is 11.6 Å². The van der Waals surface area contributed by atoms with E-state index >= 15 is 0 Å². The maximum absolute atomic E-state index is 10.7. The van der Waals surface area contributed by atoms with Crippen LogP contribution in [0.5, 0.6) is 0 Å². The molecule has 0 saturated heterocycles. The molecular weight excluding hydrogens is 330 g/mol. The Morgan fingerprint density at radius 1 is 1.15 bits per heavy atom. The van der Waals surface area contributed by atoms with Gasteiger partial charge in [0.05, 0.1) is 12.3 Å². The molecule has 3 N–H and O–H groups in total. The third kappa shape index (κ3) is 4.29. The zero-order chi connectivity index (χ0) is 18.2. The molecule has 0 radical (unpaired) electrons. The van der Waals surface area contributed by atoms with Gasteiger partial charge in [-0.1, -0.05) is 48.5 Å². The van der Waals surface area contributed by atoms with Crippen molar-refractivity contribution in [2.45, 2.75) is 19.1 Å². The average Bonchev–Trinajstić information content (AvgIpc) is 3.14. The van der Waals surface area contributed by atoms with Gasteiger partial charge in [0.25, 0.3) is 6.47 Å². The van der Waals surface area contributed by atoms with Crippen molar-refractivity contribution in [3.8, 4) is 0 Å². The number of carbonyl (C=O) groups excluding carboxylic acids is 1. The van der Waals surface area contributed by atoms with Crippen LogP contribution in [0.1, 0.15) is 28.5 Å². The number of hydrogen-bond acceptors (Lipinski definition) is 5. The molecule has 26 heavy (non-hydrogen) atoms.